The topological polar surface area (TPSA) is 49.3 Å². The molecule has 124 valence electrons. The molecule has 2 N–H and O–H groups in total. The molecule has 1 unspecified atom stereocenters. The van der Waals surface area contributed by atoms with Crippen molar-refractivity contribution in [1.29, 1.82) is 0 Å². The average Bonchev–Trinajstić information content (AvgIpc) is 2.43. The highest BCUT2D eigenvalue weighted by atomic mass is 35.5. The maximum absolute atomic E-state index is 11.8. The fourth-order valence-corrected chi connectivity index (χ4v) is 6.54. The molecule has 4 aliphatic rings. The Balaban J connectivity index is 1.73. The van der Waals surface area contributed by atoms with Crippen LogP contribution in [0.5, 0.6) is 0 Å². The number of nitrogens with one attached hydrogen (secondary N) is 1. The number of rotatable bonds is 3. The minimum atomic E-state index is -0.755. The van der Waals surface area contributed by atoms with Gasteiger partial charge in [-0.05, 0) is 49.5 Å². The first-order valence-electron chi connectivity index (χ1n) is 8.62. The molecule has 5 rings (SSSR count). The summed E-state index contributed by atoms with van der Waals surface area (Å²) in [6.07, 6.45) is 4.61. The van der Waals surface area contributed by atoms with Gasteiger partial charge in [0.05, 0.1) is 11.6 Å². The highest BCUT2D eigenvalue weighted by Crippen LogP contribution is 2.64. The highest BCUT2D eigenvalue weighted by molar-refractivity contribution is 6.24. The molecule has 6 atom stereocenters. The molecular weight excluding hydrogens is 310 g/mol. The average molecular weight is 334 g/mol. The van der Waals surface area contributed by atoms with Gasteiger partial charge in [-0.2, -0.15) is 0 Å². The van der Waals surface area contributed by atoms with Crippen molar-refractivity contribution in [1.82, 2.24) is 5.32 Å². The Bertz CT molecular complexity index is 621. The molecule has 0 spiro atoms. The molecule has 4 heteroatoms. The smallest absolute Gasteiger partial charge is 0.217 e. The maximum Gasteiger partial charge on any atom is 0.217 e. The van der Waals surface area contributed by atoms with E-state index in [0.29, 0.717) is 18.3 Å². The third-order valence-electron chi connectivity index (χ3n) is 6.19. The molecule has 4 aliphatic carbocycles. The van der Waals surface area contributed by atoms with Crippen LogP contribution in [0.4, 0.5) is 0 Å². The molecular formula is C19H24ClNO2. The van der Waals surface area contributed by atoms with Crippen LogP contribution in [0.25, 0.3) is 0 Å². The number of amides is 1. The van der Waals surface area contributed by atoms with Gasteiger partial charge in [-0.15, -0.1) is 11.6 Å². The summed E-state index contributed by atoms with van der Waals surface area (Å²) >= 11 is 6.79. The van der Waals surface area contributed by atoms with Crippen LogP contribution in [-0.2, 0) is 4.79 Å². The SMILES string of the molecule is CC(=O)N[C@@H](c1ccccc1)[C@H]1C2C[C@H]3C[C@](Cl)(C2)C[C@@]1(O)C3. The summed E-state index contributed by atoms with van der Waals surface area (Å²) in [5.74, 6) is 0.930. The second kappa shape index (κ2) is 5.22. The van der Waals surface area contributed by atoms with Crippen LogP contribution >= 0.6 is 11.6 Å². The lowest BCUT2D eigenvalue weighted by Crippen LogP contribution is -2.64. The van der Waals surface area contributed by atoms with E-state index in [9.17, 15) is 9.90 Å². The summed E-state index contributed by atoms with van der Waals surface area (Å²) in [5, 5.41) is 14.6. The van der Waals surface area contributed by atoms with Crippen LogP contribution in [0, 0.1) is 17.8 Å². The second-order valence-electron chi connectivity index (χ2n) is 8.02. The van der Waals surface area contributed by atoms with E-state index in [2.05, 4.69) is 5.32 Å². The normalized spacial score (nSPS) is 42.5. The molecule has 0 aromatic heterocycles. The van der Waals surface area contributed by atoms with E-state index in [0.717, 1.165) is 31.2 Å². The Morgan fingerprint density at radius 3 is 2.65 bits per heavy atom. The van der Waals surface area contributed by atoms with Crippen LogP contribution in [0.3, 0.4) is 0 Å². The first-order valence-corrected chi connectivity index (χ1v) is 9.00. The Kier molecular flexibility index (Phi) is 3.51. The van der Waals surface area contributed by atoms with E-state index in [4.69, 9.17) is 11.6 Å². The van der Waals surface area contributed by atoms with E-state index in [1.165, 1.54) is 0 Å². The van der Waals surface area contributed by atoms with E-state index in [1.54, 1.807) is 6.92 Å². The van der Waals surface area contributed by atoms with E-state index in [1.807, 2.05) is 30.3 Å². The first kappa shape index (κ1) is 15.5. The summed E-state index contributed by atoms with van der Waals surface area (Å²) in [4.78, 5) is 11.6. The van der Waals surface area contributed by atoms with Crippen LogP contribution < -0.4 is 5.32 Å². The highest BCUT2D eigenvalue weighted by Gasteiger charge is 2.63. The van der Waals surface area contributed by atoms with Crippen molar-refractivity contribution >= 4 is 17.5 Å². The van der Waals surface area contributed by atoms with Crippen molar-refractivity contribution in [2.75, 3.05) is 0 Å². The van der Waals surface area contributed by atoms with Crippen molar-refractivity contribution in [3.63, 3.8) is 0 Å². The standard InChI is InChI=1S/C19H24ClNO2/c1-12(22)21-17(14-5-3-2-4-6-14)16-15-7-13-8-18(20,10-15)11-19(16,23)9-13/h2-6,13,15-17,23H,7-11H2,1H3,(H,21,22)/t13-,15?,16+,17-,18-,19-/m0/s1. The van der Waals surface area contributed by atoms with Gasteiger partial charge in [0.25, 0.3) is 0 Å². The first-order chi connectivity index (χ1) is 10.9. The number of carbonyl (C=O) groups excluding carboxylic acids is 1. The molecule has 0 saturated heterocycles. The van der Waals surface area contributed by atoms with Crippen LogP contribution in [0.1, 0.15) is 50.6 Å². The summed E-state index contributed by atoms with van der Waals surface area (Å²) in [5.41, 5.74) is 0.326. The Hall–Kier alpha value is -1.06. The van der Waals surface area contributed by atoms with Crippen molar-refractivity contribution in [3.05, 3.63) is 35.9 Å². The number of hydrogen-bond donors (Lipinski definition) is 2. The van der Waals surface area contributed by atoms with Crippen molar-refractivity contribution in [2.45, 2.75) is 55.5 Å². The van der Waals surface area contributed by atoms with Crippen LogP contribution in [-0.4, -0.2) is 21.5 Å². The largest absolute Gasteiger partial charge is 0.389 e. The third-order valence-corrected chi connectivity index (χ3v) is 6.63. The van der Waals surface area contributed by atoms with Gasteiger partial charge in [-0.3, -0.25) is 4.79 Å². The molecule has 1 amide bonds. The number of carbonyl (C=O) groups is 1. The predicted molar refractivity (Wildman–Crippen MR) is 90.1 cm³/mol. The summed E-state index contributed by atoms with van der Waals surface area (Å²) in [7, 11) is 0. The number of halogens is 1. The molecule has 0 heterocycles. The summed E-state index contributed by atoms with van der Waals surface area (Å²) in [6, 6.07) is 9.93. The quantitative estimate of drug-likeness (QED) is 0.833. The van der Waals surface area contributed by atoms with Gasteiger partial charge in [-0.25, -0.2) is 0 Å². The second-order valence-corrected chi connectivity index (χ2v) is 8.82. The molecule has 1 aromatic carbocycles. The van der Waals surface area contributed by atoms with Gasteiger partial charge in [0.2, 0.25) is 5.91 Å². The van der Waals surface area contributed by atoms with E-state index < -0.39 is 5.60 Å². The molecule has 0 radical (unpaired) electrons. The fraction of sp³-hybridized carbons (Fsp3) is 0.632. The van der Waals surface area contributed by atoms with E-state index >= 15 is 0 Å². The van der Waals surface area contributed by atoms with Gasteiger partial charge in [0, 0.05) is 17.7 Å². The zero-order chi connectivity index (χ0) is 16.2. The Morgan fingerprint density at radius 1 is 1.30 bits per heavy atom. The van der Waals surface area contributed by atoms with Crippen LogP contribution in [0.2, 0.25) is 0 Å². The zero-order valence-electron chi connectivity index (χ0n) is 13.5. The van der Waals surface area contributed by atoms with E-state index in [-0.39, 0.29) is 22.7 Å². The minimum absolute atomic E-state index is 0.0446. The molecule has 1 aromatic rings. The minimum Gasteiger partial charge on any atom is -0.389 e. The maximum atomic E-state index is 11.8. The van der Waals surface area contributed by atoms with Gasteiger partial charge < -0.3 is 10.4 Å². The van der Waals surface area contributed by atoms with Crippen molar-refractivity contribution in [2.24, 2.45) is 17.8 Å². The predicted octanol–water partition coefficient (Wildman–Crippen LogP) is 3.41. The number of hydrogen-bond acceptors (Lipinski definition) is 2. The summed E-state index contributed by atoms with van der Waals surface area (Å²) < 4.78 is 0. The Labute approximate surface area is 142 Å². The van der Waals surface area contributed by atoms with Gasteiger partial charge in [0.1, 0.15) is 0 Å². The molecule has 4 fully saturated rings. The molecule has 0 aliphatic heterocycles. The third kappa shape index (κ3) is 2.58. The van der Waals surface area contributed by atoms with Gasteiger partial charge in [-0.1, -0.05) is 30.3 Å². The Morgan fingerprint density at radius 2 is 2.04 bits per heavy atom. The molecule has 23 heavy (non-hydrogen) atoms. The van der Waals surface area contributed by atoms with Crippen molar-refractivity contribution < 1.29 is 9.90 Å². The number of aliphatic hydroxyl groups is 1. The lowest BCUT2D eigenvalue weighted by Gasteiger charge is -2.63. The van der Waals surface area contributed by atoms with Gasteiger partial charge in [0.15, 0.2) is 0 Å². The fourth-order valence-electron chi connectivity index (χ4n) is 5.89. The number of benzene rings is 1. The lowest BCUT2D eigenvalue weighted by molar-refractivity contribution is -0.174. The summed E-state index contributed by atoms with van der Waals surface area (Å²) in [6.45, 7) is 1.55. The lowest BCUT2D eigenvalue weighted by atomic mass is 9.47. The molecule has 4 saturated carbocycles. The van der Waals surface area contributed by atoms with Gasteiger partial charge >= 0.3 is 0 Å². The molecule has 4 bridgehead atoms. The molecule has 3 nitrogen and oxygen atoms in total. The number of alkyl halides is 1. The van der Waals surface area contributed by atoms with Crippen LogP contribution in [0.15, 0.2) is 30.3 Å². The van der Waals surface area contributed by atoms with Crippen molar-refractivity contribution in [3.8, 4) is 0 Å². The monoisotopic (exact) mass is 333 g/mol. The zero-order valence-corrected chi connectivity index (χ0v) is 14.2.